The number of aromatic nitrogens is 2. The number of nitrogens with one attached hydrogen (secondary N) is 1. The first-order valence-corrected chi connectivity index (χ1v) is 9.55. The number of nitrogens with zero attached hydrogens (tertiary/aromatic N) is 4. The number of amides is 1. The van der Waals surface area contributed by atoms with Crippen LogP contribution in [0.15, 0.2) is 28.8 Å². The molecule has 1 saturated heterocycles. The number of alkyl halides is 3. The van der Waals surface area contributed by atoms with Gasteiger partial charge >= 0.3 is 6.18 Å². The predicted octanol–water partition coefficient (Wildman–Crippen LogP) is 1.64. The van der Waals surface area contributed by atoms with Gasteiger partial charge in [0.15, 0.2) is 0 Å². The second-order valence-corrected chi connectivity index (χ2v) is 6.98. The normalized spacial score (nSPS) is 16.0. The van der Waals surface area contributed by atoms with Crippen molar-refractivity contribution in [2.45, 2.75) is 12.7 Å². The fraction of sp³-hybridized carbons (Fsp3) is 0.526. The summed E-state index contributed by atoms with van der Waals surface area (Å²) < 4.78 is 48.2. The Balaban J connectivity index is 1.46. The van der Waals surface area contributed by atoms with Crippen molar-refractivity contribution in [2.24, 2.45) is 0 Å². The SMILES string of the molecule is COCCNC(=O)CN1CCN(Cc2nc(-c3ccc(C(F)(F)F)cc3)no2)CC1. The van der Waals surface area contributed by atoms with Crippen molar-refractivity contribution in [2.75, 3.05) is 53.0 Å². The van der Waals surface area contributed by atoms with Crippen LogP contribution in [-0.2, 0) is 22.3 Å². The van der Waals surface area contributed by atoms with Crippen LogP contribution in [-0.4, -0.2) is 78.8 Å². The van der Waals surface area contributed by atoms with Crippen molar-refractivity contribution in [3.8, 4) is 11.4 Å². The molecular weight excluding hydrogens is 403 g/mol. The molecule has 1 amide bonds. The van der Waals surface area contributed by atoms with Gasteiger partial charge in [0.05, 0.1) is 25.3 Å². The number of hydrogen-bond acceptors (Lipinski definition) is 7. The molecule has 1 aliphatic rings. The molecule has 1 aliphatic heterocycles. The quantitative estimate of drug-likeness (QED) is 0.641. The highest BCUT2D eigenvalue weighted by atomic mass is 19.4. The molecule has 0 aliphatic carbocycles. The highest BCUT2D eigenvalue weighted by Gasteiger charge is 2.30. The van der Waals surface area contributed by atoms with E-state index >= 15 is 0 Å². The second kappa shape index (κ2) is 10.0. The number of halogens is 3. The number of rotatable bonds is 8. The molecular formula is C19H24F3N5O3. The van der Waals surface area contributed by atoms with Gasteiger partial charge in [0.1, 0.15) is 0 Å². The van der Waals surface area contributed by atoms with Crippen LogP contribution in [0.5, 0.6) is 0 Å². The van der Waals surface area contributed by atoms with E-state index in [4.69, 9.17) is 9.26 Å². The molecule has 0 saturated carbocycles. The van der Waals surface area contributed by atoms with E-state index in [0.29, 0.717) is 37.7 Å². The standard InChI is InChI=1S/C19H24F3N5O3/c1-29-11-6-23-16(28)12-26-7-9-27(10-8-26)13-17-24-18(25-30-17)14-2-4-15(5-3-14)19(20,21)22/h2-5H,6-13H2,1H3,(H,23,28). The summed E-state index contributed by atoms with van der Waals surface area (Å²) in [6.45, 7) is 4.71. The molecule has 30 heavy (non-hydrogen) atoms. The van der Waals surface area contributed by atoms with Gasteiger partial charge in [0, 0.05) is 45.4 Å². The van der Waals surface area contributed by atoms with Crippen molar-refractivity contribution < 1.29 is 27.2 Å². The van der Waals surface area contributed by atoms with Crippen LogP contribution < -0.4 is 5.32 Å². The number of hydrogen-bond donors (Lipinski definition) is 1. The van der Waals surface area contributed by atoms with Gasteiger partial charge in [-0.1, -0.05) is 17.3 Å². The number of piperazine rings is 1. The second-order valence-electron chi connectivity index (χ2n) is 6.98. The van der Waals surface area contributed by atoms with Gasteiger partial charge in [-0.15, -0.1) is 0 Å². The number of ether oxygens (including phenoxy) is 1. The third-order valence-electron chi connectivity index (χ3n) is 4.76. The number of carbonyl (C=O) groups is 1. The van der Waals surface area contributed by atoms with E-state index < -0.39 is 11.7 Å². The van der Waals surface area contributed by atoms with E-state index in [0.717, 1.165) is 38.3 Å². The monoisotopic (exact) mass is 427 g/mol. The Morgan fingerprint density at radius 2 is 1.83 bits per heavy atom. The Morgan fingerprint density at radius 1 is 1.17 bits per heavy atom. The summed E-state index contributed by atoms with van der Waals surface area (Å²) in [7, 11) is 1.58. The van der Waals surface area contributed by atoms with Gasteiger partial charge in [-0.3, -0.25) is 14.6 Å². The minimum absolute atomic E-state index is 0.0291. The van der Waals surface area contributed by atoms with Crippen LogP contribution in [0.25, 0.3) is 11.4 Å². The minimum atomic E-state index is -4.38. The maximum Gasteiger partial charge on any atom is 0.416 e. The highest BCUT2D eigenvalue weighted by molar-refractivity contribution is 5.78. The van der Waals surface area contributed by atoms with Gasteiger partial charge in [0.25, 0.3) is 0 Å². The van der Waals surface area contributed by atoms with E-state index in [9.17, 15) is 18.0 Å². The Bertz CT molecular complexity index is 818. The molecule has 1 aromatic carbocycles. The van der Waals surface area contributed by atoms with E-state index in [-0.39, 0.29) is 11.7 Å². The fourth-order valence-corrected chi connectivity index (χ4v) is 3.09. The summed E-state index contributed by atoms with van der Waals surface area (Å²) in [6, 6.07) is 4.65. The molecule has 0 spiro atoms. The zero-order valence-corrected chi connectivity index (χ0v) is 16.6. The Morgan fingerprint density at radius 3 is 2.47 bits per heavy atom. The molecule has 3 rings (SSSR count). The number of methoxy groups -OCH3 is 1. The Kier molecular flexibility index (Phi) is 7.40. The molecule has 1 fully saturated rings. The lowest BCUT2D eigenvalue weighted by molar-refractivity contribution is -0.137. The molecule has 0 radical (unpaired) electrons. The zero-order chi connectivity index (χ0) is 21.6. The van der Waals surface area contributed by atoms with E-state index in [2.05, 4.69) is 25.3 Å². The van der Waals surface area contributed by atoms with E-state index in [1.165, 1.54) is 12.1 Å². The summed E-state index contributed by atoms with van der Waals surface area (Å²) in [5, 5.41) is 6.66. The van der Waals surface area contributed by atoms with Crippen molar-refractivity contribution in [3.05, 3.63) is 35.7 Å². The maximum atomic E-state index is 12.7. The summed E-state index contributed by atoms with van der Waals surface area (Å²) in [5.41, 5.74) is -0.262. The summed E-state index contributed by atoms with van der Waals surface area (Å²) in [5.74, 6) is 0.624. The highest BCUT2D eigenvalue weighted by Crippen LogP contribution is 2.30. The van der Waals surface area contributed by atoms with Crippen LogP contribution in [0.3, 0.4) is 0 Å². The molecule has 1 aromatic heterocycles. The predicted molar refractivity (Wildman–Crippen MR) is 101 cm³/mol. The zero-order valence-electron chi connectivity index (χ0n) is 16.6. The molecule has 2 heterocycles. The van der Waals surface area contributed by atoms with E-state index in [1.54, 1.807) is 7.11 Å². The van der Waals surface area contributed by atoms with Crippen molar-refractivity contribution in [1.29, 1.82) is 0 Å². The van der Waals surface area contributed by atoms with E-state index in [1.807, 2.05) is 0 Å². The molecule has 0 unspecified atom stereocenters. The summed E-state index contributed by atoms with van der Waals surface area (Å²) >= 11 is 0. The first-order chi connectivity index (χ1) is 14.3. The lowest BCUT2D eigenvalue weighted by Crippen LogP contribution is -2.49. The molecule has 1 N–H and O–H groups in total. The third-order valence-corrected chi connectivity index (χ3v) is 4.76. The Labute approximate surface area is 172 Å². The Hall–Kier alpha value is -2.50. The molecule has 164 valence electrons. The smallest absolute Gasteiger partial charge is 0.383 e. The van der Waals surface area contributed by atoms with Gasteiger partial charge in [0.2, 0.25) is 17.6 Å². The van der Waals surface area contributed by atoms with Crippen molar-refractivity contribution in [1.82, 2.24) is 25.3 Å². The van der Waals surface area contributed by atoms with Gasteiger partial charge in [-0.25, -0.2) is 0 Å². The van der Waals surface area contributed by atoms with Crippen molar-refractivity contribution in [3.63, 3.8) is 0 Å². The fourth-order valence-electron chi connectivity index (χ4n) is 3.09. The van der Waals surface area contributed by atoms with Crippen molar-refractivity contribution >= 4 is 5.91 Å². The molecule has 0 atom stereocenters. The van der Waals surface area contributed by atoms with Crippen LogP contribution in [0.1, 0.15) is 11.5 Å². The van der Waals surface area contributed by atoms with Crippen LogP contribution in [0, 0.1) is 0 Å². The van der Waals surface area contributed by atoms with Crippen LogP contribution in [0.4, 0.5) is 13.2 Å². The lowest BCUT2D eigenvalue weighted by Gasteiger charge is -2.33. The lowest BCUT2D eigenvalue weighted by atomic mass is 10.1. The molecule has 0 bridgehead atoms. The van der Waals surface area contributed by atoms with Gasteiger partial charge in [-0.05, 0) is 12.1 Å². The number of benzene rings is 1. The van der Waals surface area contributed by atoms with Crippen LogP contribution in [0.2, 0.25) is 0 Å². The average molecular weight is 427 g/mol. The first-order valence-electron chi connectivity index (χ1n) is 9.55. The molecule has 11 heteroatoms. The van der Waals surface area contributed by atoms with Crippen LogP contribution >= 0.6 is 0 Å². The number of carbonyl (C=O) groups excluding carboxylic acids is 1. The third kappa shape index (κ3) is 6.25. The molecule has 2 aromatic rings. The molecule has 8 nitrogen and oxygen atoms in total. The van der Waals surface area contributed by atoms with Gasteiger partial charge in [-0.2, -0.15) is 18.2 Å². The average Bonchev–Trinajstić information content (AvgIpc) is 3.18. The summed E-state index contributed by atoms with van der Waals surface area (Å²) in [4.78, 5) is 20.3. The summed E-state index contributed by atoms with van der Waals surface area (Å²) in [6.07, 6.45) is -4.38. The maximum absolute atomic E-state index is 12.7. The first kappa shape index (κ1) is 22.2. The largest absolute Gasteiger partial charge is 0.416 e. The topological polar surface area (TPSA) is 83.7 Å². The minimum Gasteiger partial charge on any atom is -0.383 e. The van der Waals surface area contributed by atoms with Gasteiger partial charge < -0.3 is 14.6 Å².